The number of epoxide rings is 1. The zero-order chi connectivity index (χ0) is 17.6. The molecule has 4 nitrogen and oxygen atoms in total. The van der Waals surface area contributed by atoms with Crippen molar-refractivity contribution in [2.24, 2.45) is 0 Å². The fourth-order valence-electron chi connectivity index (χ4n) is 3.17. The van der Waals surface area contributed by atoms with Gasteiger partial charge in [0, 0.05) is 0 Å². The lowest BCUT2D eigenvalue weighted by molar-refractivity contribution is 0.237. The highest BCUT2D eigenvalue weighted by molar-refractivity contribution is 7.86. The third kappa shape index (κ3) is 7.24. The lowest BCUT2D eigenvalue weighted by Gasteiger charge is -2.25. The van der Waals surface area contributed by atoms with Crippen molar-refractivity contribution in [3.8, 4) is 0 Å². The van der Waals surface area contributed by atoms with Crippen molar-refractivity contribution in [2.45, 2.75) is 95.7 Å². The van der Waals surface area contributed by atoms with Gasteiger partial charge in [-0.3, -0.25) is 4.18 Å². The monoisotopic (exact) mass is 364 g/mol. The molecule has 0 bridgehead atoms. The highest BCUT2D eigenvalue weighted by Crippen LogP contribution is 2.47. The molecule has 1 aliphatic rings. The molecule has 6 heteroatoms. The number of ether oxygens (including phenoxy) is 1. The van der Waals surface area contributed by atoms with Crippen molar-refractivity contribution in [2.75, 3.05) is 12.9 Å². The molecule has 0 aliphatic carbocycles. The van der Waals surface area contributed by atoms with Gasteiger partial charge in [0.2, 0.25) is 0 Å². The molecule has 0 saturated carbocycles. The molecule has 0 aromatic rings. The molecule has 0 aromatic heterocycles. The normalized spacial score (nSPS) is 24.8. The van der Waals surface area contributed by atoms with Crippen LogP contribution in [0.15, 0.2) is 0 Å². The molecule has 1 aliphatic heterocycles. The molecule has 1 rings (SSSR count). The molecule has 0 spiro atoms. The van der Waals surface area contributed by atoms with Crippen LogP contribution in [0.3, 0.4) is 0 Å². The summed E-state index contributed by atoms with van der Waals surface area (Å²) >= 11 is 0. The SMILES string of the molecule is CCCCCCCCCC[C@H]1O[C@]1(COS(C)(=O)=O)[Si](C)(C)C. The van der Waals surface area contributed by atoms with E-state index >= 15 is 0 Å². The topological polar surface area (TPSA) is 55.9 Å². The van der Waals surface area contributed by atoms with Gasteiger partial charge in [-0.15, -0.1) is 0 Å². The fourth-order valence-corrected chi connectivity index (χ4v) is 5.78. The molecule has 0 amide bonds. The van der Waals surface area contributed by atoms with E-state index in [1.165, 1.54) is 51.4 Å². The summed E-state index contributed by atoms with van der Waals surface area (Å²) < 4.78 is 33.6. The van der Waals surface area contributed by atoms with Gasteiger partial charge in [0.15, 0.2) is 0 Å². The zero-order valence-corrected chi connectivity index (χ0v) is 17.5. The number of unbranched alkanes of at least 4 members (excludes halogenated alkanes) is 7. The molecule has 2 atom stereocenters. The zero-order valence-electron chi connectivity index (χ0n) is 15.7. The molecule has 0 aromatic carbocycles. The van der Waals surface area contributed by atoms with Crippen molar-refractivity contribution in [3.05, 3.63) is 0 Å². The Hall–Kier alpha value is 0.0869. The second-order valence-corrected chi connectivity index (χ2v) is 15.0. The Morgan fingerprint density at radius 3 is 2.00 bits per heavy atom. The quantitative estimate of drug-likeness (QED) is 0.209. The van der Waals surface area contributed by atoms with Crippen LogP contribution in [0, 0.1) is 0 Å². The second kappa shape index (κ2) is 8.97. The minimum Gasteiger partial charge on any atom is -0.367 e. The average molecular weight is 365 g/mol. The van der Waals surface area contributed by atoms with Crippen molar-refractivity contribution in [1.82, 2.24) is 0 Å². The van der Waals surface area contributed by atoms with Crippen LogP contribution < -0.4 is 0 Å². The average Bonchev–Trinajstić information content (AvgIpc) is 3.13. The Morgan fingerprint density at radius 1 is 1.00 bits per heavy atom. The van der Waals surface area contributed by atoms with E-state index in [-0.39, 0.29) is 17.9 Å². The van der Waals surface area contributed by atoms with Crippen LogP contribution in [0.25, 0.3) is 0 Å². The highest BCUT2D eigenvalue weighted by Gasteiger charge is 2.64. The van der Waals surface area contributed by atoms with Gasteiger partial charge in [0.1, 0.15) is 5.22 Å². The standard InChI is InChI=1S/C17H36O4SSi/c1-6-7-8-9-10-11-12-13-14-16-17(21-16,23(3,4)5)15-20-22(2,18)19/h16H,6-15H2,1-5H3/t16-,17-/m1/s1. The molecular formula is C17H36O4SSi. The molecule has 0 radical (unpaired) electrons. The molecule has 1 fully saturated rings. The molecule has 0 unspecified atom stereocenters. The second-order valence-electron chi connectivity index (χ2n) is 7.98. The van der Waals surface area contributed by atoms with E-state index < -0.39 is 18.2 Å². The predicted octanol–water partition coefficient (Wildman–Crippen LogP) is 4.51. The lowest BCUT2D eigenvalue weighted by atomic mass is 10.1. The van der Waals surface area contributed by atoms with Gasteiger partial charge in [-0.05, 0) is 6.42 Å². The van der Waals surface area contributed by atoms with E-state index in [0.29, 0.717) is 0 Å². The number of hydrogen-bond acceptors (Lipinski definition) is 4. The lowest BCUT2D eigenvalue weighted by Crippen LogP contribution is -2.47. The van der Waals surface area contributed by atoms with E-state index in [1.807, 2.05) is 0 Å². The van der Waals surface area contributed by atoms with Crippen molar-refractivity contribution in [3.63, 3.8) is 0 Å². The van der Waals surface area contributed by atoms with Gasteiger partial charge in [0.05, 0.1) is 27.0 Å². The van der Waals surface area contributed by atoms with Crippen LogP contribution in [0.4, 0.5) is 0 Å². The fraction of sp³-hybridized carbons (Fsp3) is 1.00. The van der Waals surface area contributed by atoms with Gasteiger partial charge in [-0.1, -0.05) is 77.9 Å². The maximum absolute atomic E-state index is 11.3. The summed E-state index contributed by atoms with van der Waals surface area (Å²) in [4.78, 5) is 0. The largest absolute Gasteiger partial charge is 0.367 e. The summed E-state index contributed by atoms with van der Waals surface area (Å²) in [7, 11) is -5.04. The van der Waals surface area contributed by atoms with Crippen molar-refractivity contribution in [1.29, 1.82) is 0 Å². The number of rotatable bonds is 13. The van der Waals surface area contributed by atoms with Crippen LogP contribution in [-0.4, -0.2) is 40.7 Å². The molecule has 1 heterocycles. The molecule has 138 valence electrons. The minimum absolute atomic E-state index is 0.191. The van der Waals surface area contributed by atoms with Gasteiger partial charge in [-0.25, -0.2) is 0 Å². The maximum atomic E-state index is 11.3. The smallest absolute Gasteiger partial charge is 0.264 e. The minimum atomic E-state index is -3.40. The summed E-state index contributed by atoms with van der Waals surface area (Å²) in [6.45, 7) is 9.13. The summed E-state index contributed by atoms with van der Waals surface area (Å²) in [5.74, 6) is 0. The van der Waals surface area contributed by atoms with Crippen molar-refractivity contribution < 1.29 is 17.3 Å². The third-order valence-electron chi connectivity index (χ3n) is 4.89. The van der Waals surface area contributed by atoms with Gasteiger partial charge in [0.25, 0.3) is 10.1 Å². The van der Waals surface area contributed by atoms with Crippen LogP contribution in [0.1, 0.15) is 64.7 Å². The highest BCUT2D eigenvalue weighted by atomic mass is 32.2. The third-order valence-corrected chi connectivity index (χ3v) is 8.56. The van der Waals surface area contributed by atoms with Crippen LogP contribution >= 0.6 is 0 Å². The van der Waals surface area contributed by atoms with E-state index in [1.54, 1.807) is 0 Å². The molecule has 1 saturated heterocycles. The maximum Gasteiger partial charge on any atom is 0.264 e. The predicted molar refractivity (Wildman–Crippen MR) is 99.0 cm³/mol. The van der Waals surface area contributed by atoms with Gasteiger partial charge < -0.3 is 4.74 Å². The summed E-state index contributed by atoms with van der Waals surface area (Å²) in [6, 6.07) is 0. The Kier molecular flexibility index (Phi) is 8.24. The summed E-state index contributed by atoms with van der Waals surface area (Å²) in [6.07, 6.45) is 12.8. The first kappa shape index (κ1) is 21.1. The van der Waals surface area contributed by atoms with Crippen molar-refractivity contribution >= 4 is 18.2 Å². The van der Waals surface area contributed by atoms with E-state index in [9.17, 15) is 8.42 Å². The Balaban J connectivity index is 2.27. The summed E-state index contributed by atoms with van der Waals surface area (Å²) in [5, 5.41) is -0.308. The number of hydrogen-bond donors (Lipinski definition) is 0. The molecular weight excluding hydrogens is 328 g/mol. The van der Waals surface area contributed by atoms with E-state index in [2.05, 4.69) is 26.6 Å². The van der Waals surface area contributed by atoms with Crippen LogP contribution in [-0.2, 0) is 19.0 Å². The molecule has 0 N–H and O–H groups in total. The summed E-state index contributed by atoms with van der Waals surface area (Å²) in [5.41, 5.74) is 0. The Bertz CT molecular complexity index is 444. The van der Waals surface area contributed by atoms with Gasteiger partial charge in [-0.2, -0.15) is 8.42 Å². The molecule has 23 heavy (non-hydrogen) atoms. The van der Waals surface area contributed by atoms with Crippen LogP contribution in [0.5, 0.6) is 0 Å². The van der Waals surface area contributed by atoms with Gasteiger partial charge >= 0.3 is 0 Å². The first-order valence-electron chi connectivity index (χ1n) is 9.14. The Morgan fingerprint density at radius 2 is 1.52 bits per heavy atom. The Labute approximate surface area is 144 Å². The van der Waals surface area contributed by atoms with E-state index in [0.717, 1.165) is 12.7 Å². The van der Waals surface area contributed by atoms with E-state index in [4.69, 9.17) is 8.92 Å². The first-order valence-corrected chi connectivity index (χ1v) is 14.5. The van der Waals surface area contributed by atoms with Crippen LogP contribution in [0.2, 0.25) is 19.6 Å². The first-order chi connectivity index (χ1) is 10.6.